The second-order valence-electron chi connectivity index (χ2n) is 4.29. The first kappa shape index (κ1) is 15.4. The normalized spacial score (nSPS) is 10.6. The standard InChI is InChI=1S/C16H18BrNOS/c1-3-18-11-12-10-13(17)8-9-15(12)20-16-7-5-4-6-14(16)19-2/h4-10,18H,3,11H2,1-2H3. The van der Waals surface area contributed by atoms with Gasteiger partial charge in [-0.05, 0) is 42.4 Å². The second kappa shape index (κ2) is 7.72. The van der Waals surface area contributed by atoms with Crippen molar-refractivity contribution in [1.82, 2.24) is 5.32 Å². The summed E-state index contributed by atoms with van der Waals surface area (Å²) < 4.78 is 6.52. The molecule has 0 saturated heterocycles. The average molecular weight is 352 g/mol. The van der Waals surface area contributed by atoms with Crippen molar-refractivity contribution in [2.45, 2.75) is 23.3 Å². The van der Waals surface area contributed by atoms with E-state index in [-0.39, 0.29) is 0 Å². The lowest BCUT2D eigenvalue weighted by Gasteiger charge is -2.12. The molecular formula is C16H18BrNOS. The van der Waals surface area contributed by atoms with E-state index < -0.39 is 0 Å². The van der Waals surface area contributed by atoms with E-state index in [0.717, 1.165) is 28.2 Å². The molecule has 0 aliphatic carbocycles. The molecule has 0 radical (unpaired) electrons. The van der Waals surface area contributed by atoms with Gasteiger partial charge in [0.05, 0.1) is 12.0 Å². The maximum atomic E-state index is 5.42. The van der Waals surface area contributed by atoms with Crippen molar-refractivity contribution in [3.63, 3.8) is 0 Å². The highest BCUT2D eigenvalue weighted by Gasteiger charge is 2.08. The van der Waals surface area contributed by atoms with Crippen LogP contribution in [-0.4, -0.2) is 13.7 Å². The Morgan fingerprint density at radius 3 is 2.70 bits per heavy atom. The Labute approximate surface area is 133 Å². The lowest BCUT2D eigenvalue weighted by molar-refractivity contribution is 0.405. The van der Waals surface area contributed by atoms with Gasteiger partial charge in [0.2, 0.25) is 0 Å². The largest absolute Gasteiger partial charge is 0.496 e. The van der Waals surface area contributed by atoms with Crippen LogP contribution in [0.5, 0.6) is 5.75 Å². The van der Waals surface area contributed by atoms with Crippen LogP contribution in [0.1, 0.15) is 12.5 Å². The number of hydrogen-bond donors (Lipinski definition) is 1. The SMILES string of the molecule is CCNCc1cc(Br)ccc1Sc1ccccc1OC. The minimum Gasteiger partial charge on any atom is -0.496 e. The van der Waals surface area contributed by atoms with E-state index in [1.807, 2.05) is 18.2 Å². The molecule has 20 heavy (non-hydrogen) atoms. The number of methoxy groups -OCH3 is 1. The van der Waals surface area contributed by atoms with Crippen LogP contribution < -0.4 is 10.1 Å². The first-order valence-electron chi connectivity index (χ1n) is 6.54. The number of benzene rings is 2. The van der Waals surface area contributed by atoms with Crippen LogP contribution >= 0.6 is 27.7 Å². The van der Waals surface area contributed by atoms with Crippen molar-refractivity contribution < 1.29 is 4.74 Å². The summed E-state index contributed by atoms with van der Waals surface area (Å²) >= 11 is 5.28. The van der Waals surface area contributed by atoms with Gasteiger partial charge >= 0.3 is 0 Å². The number of para-hydroxylation sites is 1. The third-order valence-corrected chi connectivity index (χ3v) is 4.55. The van der Waals surface area contributed by atoms with Gasteiger partial charge < -0.3 is 10.1 Å². The zero-order valence-corrected chi connectivity index (χ0v) is 14.1. The molecule has 0 heterocycles. The fourth-order valence-electron chi connectivity index (χ4n) is 1.87. The number of nitrogens with one attached hydrogen (secondary N) is 1. The fraction of sp³-hybridized carbons (Fsp3) is 0.250. The topological polar surface area (TPSA) is 21.3 Å². The van der Waals surface area contributed by atoms with Crippen molar-refractivity contribution in [2.75, 3.05) is 13.7 Å². The van der Waals surface area contributed by atoms with Crippen LogP contribution in [0, 0.1) is 0 Å². The zero-order valence-electron chi connectivity index (χ0n) is 11.7. The summed E-state index contributed by atoms with van der Waals surface area (Å²) in [5.41, 5.74) is 1.29. The summed E-state index contributed by atoms with van der Waals surface area (Å²) in [7, 11) is 1.71. The lowest BCUT2D eigenvalue weighted by atomic mass is 10.2. The molecule has 0 aliphatic heterocycles. The maximum absolute atomic E-state index is 5.42. The average Bonchev–Trinajstić information content (AvgIpc) is 2.48. The molecule has 0 atom stereocenters. The monoisotopic (exact) mass is 351 g/mol. The van der Waals surface area contributed by atoms with Crippen LogP contribution in [0.3, 0.4) is 0 Å². The molecule has 0 amide bonds. The summed E-state index contributed by atoms with van der Waals surface area (Å²) in [6.45, 7) is 3.95. The smallest absolute Gasteiger partial charge is 0.132 e. The van der Waals surface area contributed by atoms with Gasteiger partial charge in [0.15, 0.2) is 0 Å². The van der Waals surface area contributed by atoms with Gasteiger partial charge in [-0.1, -0.05) is 46.7 Å². The van der Waals surface area contributed by atoms with E-state index in [4.69, 9.17) is 4.74 Å². The van der Waals surface area contributed by atoms with E-state index in [9.17, 15) is 0 Å². The predicted molar refractivity (Wildman–Crippen MR) is 88.6 cm³/mol. The molecule has 2 rings (SSSR count). The molecule has 0 saturated carbocycles. The van der Waals surface area contributed by atoms with Crippen molar-refractivity contribution in [3.8, 4) is 5.75 Å². The molecule has 2 nitrogen and oxygen atoms in total. The van der Waals surface area contributed by atoms with E-state index in [1.54, 1.807) is 18.9 Å². The Bertz CT molecular complexity index is 574. The number of rotatable bonds is 6. The van der Waals surface area contributed by atoms with Crippen molar-refractivity contribution in [2.24, 2.45) is 0 Å². The summed E-state index contributed by atoms with van der Waals surface area (Å²) in [6, 6.07) is 14.5. The summed E-state index contributed by atoms with van der Waals surface area (Å²) in [6.07, 6.45) is 0. The highest BCUT2D eigenvalue weighted by Crippen LogP contribution is 2.37. The quantitative estimate of drug-likeness (QED) is 0.813. The number of ether oxygens (including phenoxy) is 1. The summed E-state index contributed by atoms with van der Waals surface area (Å²) in [5, 5.41) is 3.38. The predicted octanol–water partition coefficient (Wildman–Crippen LogP) is 4.72. The summed E-state index contributed by atoms with van der Waals surface area (Å²) in [4.78, 5) is 2.38. The van der Waals surface area contributed by atoms with Gasteiger partial charge in [-0.2, -0.15) is 0 Å². The Morgan fingerprint density at radius 2 is 1.95 bits per heavy atom. The fourth-order valence-corrected chi connectivity index (χ4v) is 3.31. The molecule has 4 heteroatoms. The van der Waals surface area contributed by atoms with Gasteiger partial charge in [-0.15, -0.1) is 0 Å². The molecule has 0 bridgehead atoms. The molecule has 2 aromatic rings. The highest BCUT2D eigenvalue weighted by atomic mass is 79.9. The molecule has 0 spiro atoms. The van der Waals surface area contributed by atoms with Gasteiger partial charge in [-0.3, -0.25) is 0 Å². The molecule has 2 aromatic carbocycles. The van der Waals surface area contributed by atoms with Gasteiger partial charge in [-0.25, -0.2) is 0 Å². The number of halogens is 1. The maximum Gasteiger partial charge on any atom is 0.132 e. The van der Waals surface area contributed by atoms with E-state index in [2.05, 4.69) is 52.4 Å². The lowest BCUT2D eigenvalue weighted by Crippen LogP contribution is -2.12. The van der Waals surface area contributed by atoms with Crippen LogP contribution in [0.15, 0.2) is 56.7 Å². The van der Waals surface area contributed by atoms with Gasteiger partial charge in [0.1, 0.15) is 5.75 Å². The van der Waals surface area contributed by atoms with Crippen molar-refractivity contribution >= 4 is 27.7 Å². The number of hydrogen-bond acceptors (Lipinski definition) is 3. The van der Waals surface area contributed by atoms with Crippen LogP contribution in [0.2, 0.25) is 0 Å². The Balaban J connectivity index is 2.28. The zero-order chi connectivity index (χ0) is 14.4. The third-order valence-electron chi connectivity index (χ3n) is 2.88. The van der Waals surface area contributed by atoms with Gasteiger partial charge in [0, 0.05) is 15.9 Å². The molecule has 0 fully saturated rings. The van der Waals surface area contributed by atoms with Crippen molar-refractivity contribution in [1.29, 1.82) is 0 Å². The highest BCUT2D eigenvalue weighted by molar-refractivity contribution is 9.10. The molecule has 1 N–H and O–H groups in total. The van der Waals surface area contributed by atoms with Crippen LogP contribution in [0.25, 0.3) is 0 Å². The molecule has 0 aromatic heterocycles. The first-order valence-corrected chi connectivity index (χ1v) is 8.15. The Hall–Kier alpha value is -0.970. The van der Waals surface area contributed by atoms with Crippen LogP contribution in [-0.2, 0) is 6.54 Å². The van der Waals surface area contributed by atoms with E-state index >= 15 is 0 Å². The van der Waals surface area contributed by atoms with E-state index in [0.29, 0.717) is 0 Å². The second-order valence-corrected chi connectivity index (χ2v) is 6.28. The molecular weight excluding hydrogens is 334 g/mol. The summed E-state index contributed by atoms with van der Waals surface area (Å²) in [5.74, 6) is 0.912. The Kier molecular flexibility index (Phi) is 5.95. The molecule has 0 aliphatic rings. The van der Waals surface area contributed by atoms with Gasteiger partial charge in [0.25, 0.3) is 0 Å². The molecule has 106 valence electrons. The molecule has 0 unspecified atom stereocenters. The minimum absolute atomic E-state index is 0.868. The first-order chi connectivity index (χ1) is 9.74. The van der Waals surface area contributed by atoms with Crippen molar-refractivity contribution in [3.05, 3.63) is 52.5 Å². The van der Waals surface area contributed by atoms with E-state index in [1.165, 1.54) is 10.5 Å². The Morgan fingerprint density at radius 1 is 1.15 bits per heavy atom. The minimum atomic E-state index is 0.868. The van der Waals surface area contributed by atoms with Crippen LogP contribution in [0.4, 0.5) is 0 Å². The third kappa shape index (κ3) is 4.01.